The van der Waals surface area contributed by atoms with Crippen LogP contribution in [0, 0.1) is 0 Å². The van der Waals surface area contributed by atoms with Gasteiger partial charge < -0.3 is 15.5 Å². The van der Waals surface area contributed by atoms with Crippen LogP contribution in [0.5, 0.6) is 11.5 Å². The van der Waals surface area contributed by atoms with E-state index in [2.05, 4.69) is 15.3 Å². The summed E-state index contributed by atoms with van der Waals surface area (Å²) in [4.78, 5) is 8.42. The maximum Gasteiger partial charge on any atom is 3.00 e. The van der Waals surface area contributed by atoms with Gasteiger partial charge in [-0.1, -0.05) is 48.5 Å². The molecule has 0 bridgehead atoms. The molecule has 0 heterocycles. The van der Waals surface area contributed by atoms with Gasteiger partial charge in [0.05, 0.1) is 13.1 Å². The largest absolute Gasteiger partial charge is 3.00 e. The van der Waals surface area contributed by atoms with E-state index in [0.29, 0.717) is 37.3 Å². The molecule has 6 heteroatoms. The molecule has 0 aliphatic rings. The maximum absolute atomic E-state index is 11.5. The van der Waals surface area contributed by atoms with Crippen LogP contribution < -0.4 is 15.5 Å². The van der Waals surface area contributed by atoms with Crippen molar-refractivity contribution in [3.63, 3.8) is 0 Å². The number of benzene rings is 2. The first-order valence-electron chi connectivity index (χ1n) is 7.50. The second-order valence-electron chi connectivity index (χ2n) is 4.90. The van der Waals surface area contributed by atoms with Crippen LogP contribution >= 0.6 is 0 Å². The average molecular weight is 364 g/mol. The summed E-state index contributed by atoms with van der Waals surface area (Å²) in [6.45, 7) is 2.62. The number of nitrogens with one attached hydrogen (secondary N) is 1. The Bertz CT molecular complexity index is 617. The fourth-order valence-corrected chi connectivity index (χ4v) is 1.91. The number of rotatable bonds is 8. The van der Waals surface area contributed by atoms with Gasteiger partial charge in [-0.2, -0.15) is 0 Å². The van der Waals surface area contributed by atoms with Crippen molar-refractivity contribution >= 4 is 12.4 Å². The molecule has 2 rings (SSSR count). The predicted octanol–water partition coefficient (Wildman–Crippen LogP) is 0.959. The van der Waals surface area contributed by atoms with E-state index in [9.17, 15) is 10.2 Å². The average Bonchev–Trinajstić information content (AvgIpc) is 2.56. The third-order valence-electron chi connectivity index (χ3n) is 3.13. The van der Waals surface area contributed by atoms with Gasteiger partial charge in [0, 0.05) is 25.5 Å². The standard InChI is InChI=1S/C18H21N3O2.Mn/c22-17-7-3-1-5-15(17)13-20-11-9-19-10-12-21-14-16-6-2-4-8-18(16)23;/h1-8,13-14,19,22-23H,9-12H2;/q;+3/p-2. The minimum absolute atomic E-state index is 0. The van der Waals surface area contributed by atoms with E-state index in [1.807, 2.05) is 12.1 Å². The summed E-state index contributed by atoms with van der Waals surface area (Å²) in [6, 6.07) is 13.6. The molecule has 0 amide bonds. The molecule has 5 nitrogen and oxygen atoms in total. The molecule has 1 N–H and O–H groups in total. The van der Waals surface area contributed by atoms with Gasteiger partial charge in [0.25, 0.3) is 0 Å². The van der Waals surface area contributed by atoms with Crippen LogP contribution in [0.25, 0.3) is 0 Å². The van der Waals surface area contributed by atoms with Crippen molar-refractivity contribution in [2.75, 3.05) is 26.2 Å². The number of para-hydroxylation sites is 2. The van der Waals surface area contributed by atoms with Gasteiger partial charge in [0.1, 0.15) is 0 Å². The van der Waals surface area contributed by atoms with Crippen molar-refractivity contribution in [3.8, 4) is 11.5 Å². The van der Waals surface area contributed by atoms with Gasteiger partial charge in [-0.05, 0) is 11.1 Å². The molecule has 0 fully saturated rings. The molecule has 0 aromatic heterocycles. The molecule has 2 aromatic carbocycles. The Morgan fingerprint density at radius 1 is 0.750 bits per heavy atom. The minimum atomic E-state index is -0.0165. The van der Waals surface area contributed by atoms with E-state index >= 15 is 0 Å². The molecule has 0 radical (unpaired) electrons. The van der Waals surface area contributed by atoms with Crippen LogP contribution in [-0.4, -0.2) is 38.6 Å². The van der Waals surface area contributed by atoms with Gasteiger partial charge in [-0.3, -0.25) is 9.98 Å². The molecule has 0 saturated heterocycles. The summed E-state index contributed by atoms with van der Waals surface area (Å²) < 4.78 is 0. The van der Waals surface area contributed by atoms with Crippen molar-refractivity contribution < 1.29 is 27.3 Å². The summed E-state index contributed by atoms with van der Waals surface area (Å²) in [5.41, 5.74) is 1.21. The molecule has 0 spiro atoms. The van der Waals surface area contributed by atoms with Gasteiger partial charge in [0.2, 0.25) is 0 Å². The zero-order valence-corrected chi connectivity index (χ0v) is 14.4. The van der Waals surface area contributed by atoms with E-state index in [1.165, 1.54) is 12.1 Å². The molecular formula is C18H19MnN3O2+. The fraction of sp³-hybridized carbons (Fsp3) is 0.222. The molecule has 0 unspecified atom stereocenters. The number of nitrogens with zero attached hydrogens (tertiary/aromatic N) is 2. The van der Waals surface area contributed by atoms with Crippen LogP contribution in [0.4, 0.5) is 0 Å². The molecule has 0 aliphatic heterocycles. The molecule has 124 valence electrons. The van der Waals surface area contributed by atoms with Crippen LogP contribution in [0.3, 0.4) is 0 Å². The topological polar surface area (TPSA) is 82.9 Å². The second kappa shape index (κ2) is 11.4. The number of aliphatic imine (C=N–C) groups is 2. The first-order valence-corrected chi connectivity index (χ1v) is 7.50. The van der Waals surface area contributed by atoms with Crippen molar-refractivity contribution in [2.24, 2.45) is 9.98 Å². The van der Waals surface area contributed by atoms with Crippen molar-refractivity contribution in [1.29, 1.82) is 0 Å². The Hall–Kier alpha value is -2.14. The van der Waals surface area contributed by atoms with Crippen LogP contribution in [0.15, 0.2) is 58.5 Å². The quantitative estimate of drug-likeness (QED) is 0.430. The van der Waals surface area contributed by atoms with Crippen molar-refractivity contribution in [3.05, 3.63) is 59.7 Å². The molecule has 24 heavy (non-hydrogen) atoms. The zero-order valence-electron chi connectivity index (χ0n) is 13.2. The fourth-order valence-electron chi connectivity index (χ4n) is 1.91. The Morgan fingerprint density at radius 2 is 1.17 bits per heavy atom. The third kappa shape index (κ3) is 6.96. The van der Waals surface area contributed by atoms with Gasteiger partial charge in [-0.25, -0.2) is 0 Å². The smallest absolute Gasteiger partial charge is 0.872 e. The van der Waals surface area contributed by atoms with E-state index in [1.54, 1.807) is 36.7 Å². The first-order chi connectivity index (χ1) is 11.3. The second-order valence-corrected chi connectivity index (χ2v) is 4.90. The van der Waals surface area contributed by atoms with Gasteiger partial charge >= 0.3 is 17.1 Å². The molecular weight excluding hydrogens is 345 g/mol. The summed E-state index contributed by atoms with van der Waals surface area (Å²) in [6.07, 6.45) is 3.21. The summed E-state index contributed by atoms with van der Waals surface area (Å²) in [7, 11) is 0. The monoisotopic (exact) mass is 364 g/mol. The van der Waals surface area contributed by atoms with E-state index < -0.39 is 0 Å². The molecule has 2 aromatic rings. The Balaban J connectivity index is 0.00000288. The first kappa shape index (κ1) is 19.9. The summed E-state index contributed by atoms with van der Waals surface area (Å²) in [5.74, 6) is -0.0330. The van der Waals surface area contributed by atoms with Crippen molar-refractivity contribution in [2.45, 2.75) is 0 Å². The van der Waals surface area contributed by atoms with Gasteiger partial charge in [0.15, 0.2) is 0 Å². The van der Waals surface area contributed by atoms with E-state index in [4.69, 9.17) is 0 Å². The summed E-state index contributed by atoms with van der Waals surface area (Å²) in [5, 5.41) is 26.1. The normalized spacial score (nSPS) is 11.0. The molecule has 0 atom stereocenters. The summed E-state index contributed by atoms with van der Waals surface area (Å²) >= 11 is 0. The van der Waals surface area contributed by atoms with Crippen molar-refractivity contribution in [1.82, 2.24) is 5.32 Å². The molecule has 0 aliphatic carbocycles. The minimum Gasteiger partial charge on any atom is -0.872 e. The van der Waals surface area contributed by atoms with E-state index in [-0.39, 0.29) is 28.6 Å². The maximum atomic E-state index is 11.5. The number of hydrogen-bond donors (Lipinski definition) is 1. The SMILES string of the molecule is [Mn+3].[O-]c1ccccc1C=NCCNCCN=Cc1ccccc1[O-]. The Labute approximate surface area is 152 Å². The van der Waals surface area contributed by atoms with Crippen LogP contribution in [0.2, 0.25) is 0 Å². The molecule has 0 saturated carbocycles. The van der Waals surface area contributed by atoms with Crippen LogP contribution in [-0.2, 0) is 17.1 Å². The Morgan fingerprint density at radius 3 is 1.58 bits per heavy atom. The van der Waals surface area contributed by atoms with Crippen LogP contribution in [0.1, 0.15) is 11.1 Å². The Kier molecular flexibility index (Phi) is 9.46. The van der Waals surface area contributed by atoms with E-state index in [0.717, 1.165) is 0 Å². The zero-order chi connectivity index (χ0) is 16.3. The number of hydrogen-bond acceptors (Lipinski definition) is 5. The third-order valence-corrected chi connectivity index (χ3v) is 3.13. The predicted molar refractivity (Wildman–Crippen MR) is 89.6 cm³/mol. The van der Waals surface area contributed by atoms with Gasteiger partial charge in [-0.15, -0.1) is 11.5 Å².